The summed E-state index contributed by atoms with van der Waals surface area (Å²) in [6, 6.07) is 0. The third-order valence-electron chi connectivity index (χ3n) is 1.84. The highest BCUT2D eigenvalue weighted by Gasteiger charge is 2.38. The molecule has 0 aromatic carbocycles. The summed E-state index contributed by atoms with van der Waals surface area (Å²) < 4.78 is -0.893. The van der Waals surface area contributed by atoms with Gasteiger partial charge < -0.3 is 0 Å². The molecule has 0 heterocycles. The van der Waals surface area contributed by atoms with Crippen LogP contribution in [-0.4, -0.2) is 14.9 Å². The zero-order chi connectivity index (χ0) is 8.48. The smallest absolute Gasteiger partial charge is 0.182 e. The second kappa shape index (κ2) is 3.63. The Morgan fingerprint density at radius 1 is 1.55 bits per heavy atom. The van der Waals surface area contributed by atoms with Crippen molar-refractivity contribution < 1.29 is 4.79 Å². The minimum absolute atomic E-state index is 0.0849. The van der Waals surface area contributed by atoms with E-state index in [2.05, 4.69) is 15.9 Å². The Bertz CT molecular complexity index is 170. The predicted octanol–water partition coefficient (Wildman–Crippen LogP) is 3.07. The monoisotopic (exact) mass is 258 g/mol. The van der Waals surface area contributed by atoms with Crippen molar-refractivity contribution >= 4 is 44.9 Å². The lowest BCUT2D eigenvalue weighted by molar-refractivity contribution is -0.118. The summed E-state index contributed by atoms with van der Waals surface area (Å²) in [6.45, 7) is 0. The van der Waals surface area contributed by atoms with Crippen LogP contribution >= 0.6 is 39.1 Å². The molecule has 2 unspecified atom stereocenters. The summed E-state index contributed by atoms with van der Waals surface area (Å²) >= 11 is 14.9. The van der Waals surface area contributed by atoms with Crippen LogP contribution in [0, 0.1) is 0 Å². The molecule has 1 saturated carbocycles. The average molecular weight is 260 g/mol. The Kier molecular flexibility index (Phi) is 3.24. The van der Waals surface area contributed by atoms with Crippen LogP contribution in [0.4, 0.5) is 0 Å². The van der Waals surface area contributed by atoms with Crippen molar-refractivity contribution in [3.8, 4) is 0 Å². The number of carbonyl (C=O) groups excluding carboxylic acids is 1. The molecule has 0 saturated heterocycles. The molecule has 2 atom stereocenters. The Hall–Kier alpha value is 0.730. The SMILES string of the molecule is O=C1C(Cl)CCCCC1(Cl)Br. The van der Waals surface area contributed by atoms with E-state index >= 15 is 0 Å². The molecule has 0 N–H and O–H groups in total. The molecule has 0 aromatic rings. The van der Waals surface area contributed by atoms with E-state index in [4.69, 9.17) is 23.2 Å². The Balaban J connectivity index is 2.73. The standard InChI is InChI=1S/C7H9BrCl2O/c8-7(10)4-2-1-3-5(9)6(7)11/h5H,1-4H2. The van der Waals surface area contributed by atoms with Crippen molar-refractivity contribution in [3.05, 3.63) is 0 Å². The molecule has 1 aliphatic carbocycles. The maximum absolute atomic E-state index is 11.4. The van der Waals surface area contributed by atoms with Gasteiger partial charge in [0.1, 0.15) is 0 Å². The molecule has 0 bridgehead atoms. The third kappa shape index (κ3) is 2.33. The first-order valence-corrected chi connectivity index (χ1v) is 5.21. The first-order valence-electron chi connectivity index (χ1n) is 3.60. The van der Waals surface area contributed by atoms with E-state index in [0.717, 1.165) is 19.3 Å². The van der Waals surface area contributed by atoms with Gasteiger partial charge in [-0.25, -0.2) is 0 Å². The number of ketones is 1. The van der Waals surface area contributed by atoms with Gasteiger partial charge in [-0.15, -0.1) is 11.6 Å². The van der Waals surface area contributed by atoms with Crippen LogP contribution in [0.3, 0.4) is 0 Å². The molecule has 0 aromatic heterocycles. The summed E-state index contributed by atoms with van der Waals surface area (Å²) in [5.74, 6) is -0.0849. The summed E-state index contributed by atoms with van der Waals surface area (Å²) in [4.78, 5) is 11.4. The molecule has 1 aliphatic rings. The first-order chi connectivity index (χ1) is 5.04. The van der Waals surface area contributed by atoms with E-state index in [-0.39, 0.29) is 5.78 Å². The second-order valence-corrected chi connectivity index (χ2v) is 5.76. The molecule has 1 fully saturated rings. The van der Waals surface area contributed by atoms with Crippen molar-refractivity contribution in [2.75, 3.05) is 0 Å². The van der Waals surface area contributed by atoms with E-state index in [0.29, 0.717) is 6.42 Å². The van der Waals surface area contributed by atoms with Gasteiger partial charge in [-0.1, -0.05) is 40.4 Å². The highest BCUT2D eigenvalue weighted by Crippen LogP contribution is 2.37. The van der Waals surface area contributed by atoms with Gasteiger partial charge in [-0.2, -0.15) is 0 Å². The van der Waals surface area contributed by atoms with Crippen LogP contribution in [0.15, 0.2) is 0 Å². The average Bonchev–Trinajstić information content (AvgIpc) is 2.03. The lowest BCUT2D eigenvalue weighted by Crippen LogP contribution is -2.30. The van der Waals surface area contributed by atoms with E-state index in [9.17, 15) is 4.79 Å². The quantitative estimate of drug-likeness (QED) is 0.483. The normalized spacial score (nSPS) is 40.3. The molecule has 1 rings (SSSR count). The fraction of sp³-hybridized carbons (Fsp3) is 0.857. The van der Waals surface area contributed by atoms with Crippen molar-refractivity contribution in [2.45, 2.75) is 34.8 Å². The van der Waals surface area contributed by atoms with Crippen LogP contribution in [-0.2, 0) is 4.79 Å². The lowest BCUT2D eigenvalue weighted by atomic mass is 10.2. The summed E-state index contributed by atoms with van der Waals surface area (Å²) in [5.41, 5.74) is 0. The molecule has 0 aliphatic heterocycles. The Morgan fingerprint density at radius 2 is 2.18 bits per heavy atom. The van der Waals surface area contributed by atoms with E-state index in [1.165, 1.54) is 0 Å². The minimum Gasteiger partial charge on any atom is -0.295 e. The minimum atomic E-state index is -0.893. The molecule has 1 nitrogen and oxygen atoms in total. The Morgan fingerprint density at radius 3 is 2.82 bits per heavy atom. The molecule has 11 heavy (non-hydrogen) atoms. The van der Waals surface area contributed by atoms with Crippen LogP contribution in [0.1, 0.15) is 25.7 Å². The topological polar surface area (TPSA) is 17.1 Å². The number of rotatable bonds is 0. The zero-order valence-corrected chi connectivity index (χ0v) is 9.05. The van der Waals surface area contributed by atoms with Gasteiger partial charge in [0.2, 0.25) is 0 Å². The number of hydrogen-bond donors (Lipinski definition) is 0. The number of carbonyl (C=O) groups is 1. The molecule has 4 heteroatoms. The molecule has 0 radical (unpaired) electrons. The van der Waals surface area contributed by atoms with Gasteiger partial charge in [0.25, 0.3) is 0 Å². The third-order valence-corrected chi connectivity index (χ3v) is 3.42. The molecular formula is C7H9BrCl2O. The first kappa shape index (κ1) is 9.82. The number of alkyl halides is 3. The number of Topliss-reactive ketones (excluding diaryl/α,β-unsaturated/α-hetero) is 1. The van der Waals surface area contributed by atoms with Crippen LogP contribution in [0.25, 0.3) is 0 Å². The highest BCUT2D eigenvalue weighted by atomic mass is 79.9. The van der Waals surface area contributed by atoms with E-state index in [1.807, 2.05) is 0 Å². The van der Waals surface area contributed by atoms with Gasteiger partial charge in [0, 0.05) is 0 Å². The number of hydrogen-bond acceptors (Lipinski definition) is 1. The van der Waals surface area contributed by atoms with Gasteiger partial charge in [0.05, 0.1) is 5.38 Å². The predicted molar refractivity (Wildman–Crippen MR) is 50.6 cm³/mol. The molecule has 64 valence electrons. The van der Waals surface area contributed by atoms with Crippen LogP contribution in [0.5, 0.6) is 0 Å². The van der Waals surface area contributed by atoms with Gasteiger partial charge in [-0.3, -0.25) is 4.79 Å². The lowest BCUT2D eigenvalue weighted by Gasteiger charge is -2.16. The van der Waals surface area contributed by atoms with Gasteiger partial charge in [-0.05, 0) is 12.8 Å². The fourth-order valence-electron chi connectivity index (χ4n) is 1.15. The maximum atomic E-state index is 11.4. The van der Waals surface area contributed by atoms with Crippen molar-refractivity contribution in [1.29, 1.82) is 0 Å². The maximum Gasteiger partial charge on any atom is 0.182 e. The summed E-state index contributed by atoms with van der Waals surface area (Å²) in [5, 5.41) is -0.408. The number of halogens is 3. The van der Waals surface area contributed by atoms with Crippen LogP contribution < -0.4 is 0 Å². The van der Waals surface area contributed by atoms with Gasteiger partial charge >= 0.3 is 0 Å². The molecule has 0 spiro atoms. The fourth-order valence-corrected chi connectivity index (χ4v) is 2.50. The van der Waals surface area contributed by atoms with E-state index in [1.54, 1.807) is 0 Å². The summed E-state index contributed by atoms with van der Waals surface area (Å²) in [6.07, 6.45) is 3.38. The molecular weight excluding hydrogens is 251 g/mol. The van der Waals surface area contributed by atoms with Crippen LogP contribution in [0.2, 0.25) is 0 Å². The summed E-state index contributed by atoms with van der Waals surface area (Å²) in [7, 11) is 0. The second-order valence-electron chi connectivity index (χ2n) is 2.78. The van der Waals surface area contributed by atoms with Crippen molar-refractivity contribution in [1.82, 2.24) is 0 Å². The van der Waals surface area contributed by atoms with Gasteiger partial charge in [0.15, 0.2) is 9.57 Å². The molecule has 0 amide bonds. The largest absolute Gasteiger partial charge is 0.295 e. The van der Waals surface area contributed by atoms with Crippen molar-refractivity contribution in [2.24, 2.45) is 0 Å². The van der Waals surface area contributed by atoms with Crippen molar-refractivity contribution in [3.63, 3.8) is 0 Å². The van der Waals surface area contributed by atoms with E-state index < -0.39 is 9.16 Å². The highest BCUT2D eigenvalue weighted by molar-refractivity contribution is 9.10. The Labute approximate surface area is 84.6 Å². The zero-order valence-electron chi connectivity index (χ0n) is 5.95.